The highest BCUT2D eigenvalue weighted by Gasteiger charge is 2.45. The largest absolute Gasteiger partial charge is 0.409 e. The van der Waals surface area contributed by atoms with E-state index in [-0.39, 0.29) is 11.7 Å². The molecule has 2 rings (SSSR count). The molecular formula is C14H19N3O2. The number of anilines is 1. The Morgan fingerprint density at radius 1 is 1.37 bits per heavy atom. The number of carbonyl (C=O) groups excluding carboxylic acids is 1. The Morgan fingerprint density at radius 3 is 2.58 bits per heavy atom. The number of hydrogen-bond donors (Lipinski definition) is 3. The lowest BCUT2D eigenvalue weighted by molar-refractivity contribution is -0.122. The Bertz CT molecular complexity index is 505. The van der Waals surface area contributed by atoms with Crippen LogP contribution in [0.3, 0.4) is 0 Å². The van der Waals surface area contributed by atoms with Gasteiger partial charge in [0, 0.05) is 5.69 Å². The molecule has 0 saturated heterocycles. The molecule has 5 heteroatoms. The van der Waals surface area contributed by atoms with Crippen LogP contribution in [0.5, 0.6) is 0 Å². The van der Waals surface area contributed by atoms with Crippen LogP contribution in [0.2, 0.25) is 0 Å². The van der Waals surface area contributed by atoms with Crippen molar-refractivity contribution in [2.75, 3.05) is 5.32 Å². The number of rotatable bonds is 3. The van der Waals surface area contributed by atoms with Crippen molar-refractivity contribution in [3.05, 3.63) is 29.8 Å². The molecule has 19 heavy (non-hydrogen) atoms. The second-order valence-corrected chi connectivity index (χ2v) is 5.04. The van der Waals surface area contributed by atoms with Gasteiger partial charge in [-0.05, 0) is 31.4 Å². The first kappa shape index (κ1) is 13.4. The zero-order valence-corrected chi connectivity index (χ0v) is 11.0. The molecule has 1 aromatic carbocycles. The van der Waals surface area contributed by atoms with Crippen molar-refractivity contribution in [2.45, 2.75) is 32.6 Å². The first-order valence-electron chi connectivity index (χ1n) is 6.45. The maximum absolute atomic E-state index is 12.5. The predicted octanol–water partition coefficient (Wildman–Crippen LogP) is 2.24. The van der Waals surface area contributed by atoms with Crippen molar-refractivity contribution in [2.24, 2.45) is 16.3 Å². The van der Waals surface area contributed by atoms with E-state index in [1.165, 1.54) is 0 Å². The van der Waals surface area contributed by atoms with Crippen LogP contribution in [0.15, 0.2) is 29.4 Å². The minimum atomic E-state index is -0.864. The smallest absolute Gasteiger partial charge is 0.238 e. The molecule has 0 aliphatic heterocycles. The number of hydrogen-bond acceptors (Lipinski definition) is 3. The SMILES string of the molecule is Cc1ccccc1NC(=O)C1(C(N)=NO)CCCC1. The van der Waals surface area contributed by atoms with Gasteiger partial charge in [-0.2, -0.15) is 0 Å². The summed E-state index contributed by atoms with van der Waals surface area (Å²) in [5, 5.41) is 14.9. The maximum atomic E-state index is 12.5. The van der Waals surface area contributed by atoms with Crippen molar-refractivity contribution in [1.29, 1.82) is 0 Å². The highest BCUT2D eigenvalue weighted by molar-refractivity contribution is 6.12. The van der Waals surface area contributed by atoms with Crippen molar-refractivity contribution in [3.63, 3.8) is 0 Å². The number of nitrogens with two attached hydrogens (primary N) is 1. The molecule has 5 nitrogen and oxygen atoms in total. The average Bonchev–Trinajstić information content (AvgIpc) is 2.91. The summed E-state index contributed by atoms with van der Waals surface area (Å²) in [5.41, 5.74) is 6.64. The van der Waals surface area contributed by atoms with Crippen molar-refractivity contribution < 1.29 is 10.0 Å². The molecule has 0 unspecified atom stereocenters. The van der Waals surface area contributed by atoms with E-state index in [0.717, 1.165) is 24.1 Å². The zero-order chi connectivity index (χ0) is 13.9. The topological polar surface area (TPSA) is 87.7 Å². The second-order valence-electron chi connectivity index (χ2n) is 5.04. The van der Waals surface area contributed by atoms with Crippen LogP contribution in [0.25, 0.3) is 0 Å². The normalized spacial score (nSPS) is 18.3. The lowest BCUT2D eigenvalue weighted by Crippen LogP contribution is -2.45. The molecular weight excluding hydrogens is 242 g/mol. The number of nitrogens with zero attached hydrogens (tertiary/aromatic N) is 1. The summed E-state index contributed by atoms with van der Waals surface area (Å²) < 4.78 is 0. The summed E-state index contributed by atoms with van der Waals surface area (Å²) in [7, 11) is 0. The Balaban J connectivity index is 2.25. The van der Waals surface area contributed by atoms with Crippen LogP contribution in [0.1, 0.15) is 31.2 Å². The number of aryl methyl sites for hydroxylation is 1. The third kappa shape index (κ3) is 2.41. The molecule has 1 fully saturated rings. The third-order valence-corrected chi connectivity index (χ3v) is 3.88. The van der Waals surface area contributed by atoms with Gasteiger partial charge < -0.3 is 16.3 Å². The number of nitrogens with one attached hydrogen (secondary N) is 1. The molecule has 1 aromatic rings. The summed E-state index contributed by atoms with van der Waals surface area (Å²) in [5.74, 6) is -0.175. The van der Waals surface area contributed by atoms with Gasteiger partial charge in [0.05, 0.1) is 0 Å². The fourth-order valence-electron chi connectivity index (χ4n) is 2.63. The molecule has 1 amide bonds. The van der Waals surface area contributed by atoms with Gasteiger partial charge in [-0.3, -0.25) is 4.79 Å². The molecule has 1 aliphatic carbocycles. The van der Waals surface area contributed by atoms with Gasteiger partial charge in [-0.1, -0.05) is 36.2 Å². The summed E-state index contributed by atoms with van der Waals surface area (Å²) >= 11 is 0. The van der Waals surface area contributed by atoms with Crippen LogP contribution in [-0.4, -0.2) is 17.0 Å². The highest BCUT2D eigenvalue weighted by Crippen LogP contribution is 2.39. The van der Waals surface area contributed by atoms with Crippen LogP contribution < -0.4 is 11.1 Å². The summed E-state index contributed by atoms with van der Waals surface area (Å²) in [6, 6.07) is 7.57. The number of carbonyl (C=O) groups is 1. The fraction of sp³-hybridized carbons (Fsp3) is 0.429. The van der Waals surface area contributed by atoms with Crippen LogP contribution >= 0.6 is 0 Å². The molecule has 0 heterocycles. The van der Waals surface area contributed by atoms with E-state index in [2.05, 4.69) is 10.5 Å². The predicted molar refractivity (Wildman–Crippen MR) is 74.1 cm³/mol. The molecule has 4 N–H and O–H groups in total. The molecule has 0 aromatic heterocycles. The molecule has 0 bridgehead atoms. The Kier molecular flexibility index (Phi) is 3.74. The van der Waals surface area contributed by atoms with E-state index in [9.17, 15) is 4.79 Å². The van der Waals surface area contributed by atoms with Crippen molar-refractivity contribution in [3.8, 4) is 0 Å². The minimum absolute atomic E-state index is 0.0103. The van der Waals surface area contributed by atoms with Crippen LogP contribution in [0.4, 0.5) is 5.69 Å². The molecule has 1 aliphatic rings. The first-order chi connectivity index (χ1) is 9.10. The number of benzene rings is 1. The van der Waals surface area contributed by atoms with Gasteiger partial charge in [0.2, 0.25) is 5.91 Å². The average molecular weight is 261 g/mol. The van der Waals surface area contributed by atoms with Gasteiger partial charge >= 0.3 is 0 Å². The minimum Gasteiger partial charge on any atom is -0.409 e. The first-order valence-corrected chi connectivity index (χ1v) is 6.45. The number of amides is 1. The number of para-hydroxylation sites is 1. The highest BCUT2D eigenvalue weighted by atomic mass is 16.4. The Labute approximate surface area is 112 Å². The second kappa shape index (κ2) is 5.30. The molecule has 0 atom stereocenters. The zero-order valence-electron chi connectivity index (χ0n) is 11.0. The van der Waals surface area contributed by atoms with Crippen LogP contribution in [-0.2, 0) is 4.79 Å². The van der Waals surface area contributed by atoms with E-state index in [1.54, 1.807) is 0 Å². The molecule has 0 radical (unpaired) electrons. The number of oxime groups is 1. The van der Waals surface area contributed by atoms with Crippen molar-refractivity contribution >= 4 is 17.4 Å². The third-order valence-electron chi connectivity index (χ3n) is 3.88. The summed E-state index contributed by atoms with van der Waals surface area (Å²) in [4.78, 5) is 12.5. The van der Waals surface area contributed by atoms with Gasteiger partial charge in [0.15, 0.2) is 5.84 Å². The molecule has 102 valence electrons. The Morgan fingerprint density at radius 2 is 2.00 bits per heavy atom. The maximum Gasteiger partial charge on any atom is 0.238 e. The number of amidine groups is 1. The van der Waals surface area contributed by atoms with Gasteiger partial charge in [0.1, 0.15) is 5.41 Å². The Hall–Kier alpha value is -2.04. The van der Waals surface area contributed by atoms with Crippen molar-refractivity contribution in [1.82, 2.24) is 0 Å². The monoisotopic (exact) mass is 261 g/mol. The quantitative estimate of drug-likeness (QED) is 0.337. The summed E-state index contributed by atoms with van der Waals surface area (Å²) in [6.07, 6.45) is 3.08. The summed E-state index contributed by atoms with van der Waals surface area (Å²) in [6.45, 7) is 1.93. The van der Waals surface area contributed by atoms with Gasteiger partial charge in [0.25, 0.3) is 0 Å². The van der Waals surface area contributed by atoms with E-state index >= 15 is 0 Å². The van der Waals surface area contributed by atoms with E-state index < -0.39 is 5.41 Å². The fourth-order valence-corrected chi connectivity index (χ4v) is 2.63. The van der Waals surface area contributed by atoms with E-state index in [4.69, 9.17) is 10.9 Å². The van der Waals surface area contributed by atoms with Gasteiger partial charge in [-0.25, -0.2) is 0 Å². The van der Waals surface area contributed by atoms with E-state index in [0.29, 0.717) is 12.8 Å². The van der Waals surface area contributed by atoms with E-state index in [1.807, 2.05) is 31.2 Å². The molecule has 0 spiro atoms. The lowest BCUT2D eigenvalue weighted by Gasteiger charge is -2.26. The van der Waals surface area contributed by atoms with Gasteiger partial charge in [-0.15, -0.1) is 0 Å². The lowest BCUT2D eigenvalue weighted by atomic mass is 9.83. The standard InChI is InChI=1S/C14H19N3O2/c1-10-6-2-3-7-11(10)16-13(18)14(12(15)17-19)8-4-5-9-14/h2-3,6-7,19H,4-5,8-9H2,1H3,(H2,15,17)(H,16,18). The molecule has 1 saturated carbocycles. The van der Waals surface area contributed by atoms with Crippen LogP contribution in [0, 0.1) is 12.3 Å².